The number of nitrogens with zero attached hydrogens (tertiary/aromatic N) is 2. The molecule has 0 aliphatic carbocycles. The molecule has 1 amide bonds. The molecule has 0 bridgehead atoms. The van der Waals surface area contributed by atoms with Crippen LogP contribution < -0.4 is 0 Å². The van der Waals surface area contributed by atoms with Crippen LogP contribution in [0.3, 0.4) is 0 Å². The van der Waals surface area contributed by atoms with Gasteiger partial charge in [-0.3, -0.25) is 4.90 Å². The van der Waals surface area contributed by atoms with Gasteiger partial charge in [0.1, 0.15) is 0 Å². The molecule has 2 saturated heterocycles. The molecule has 4 heteroatoms. The van der Waals surface area contributed by atoms with Crippen LogP contribution in [-0.4, -0.2) is 47.7 Å². The van der Waals surface area contributed by atoms with Gasteiger partial charge in [0.15, 0.2) is 5.60 Å². The van der Waals surface area contributed by atoms with Crippen LogP contribution in [0.4, 0.5) is 4.79 Å². The highest BCUT2D eigenvalue weighted by Crippen LogP contribution is 2.40. The van der Waals surface area contributed by atoms with Crippen molar-refractivity contribution >= 4 is 6.09 Å². The predicted molar refractivity (Wildman–Crippen MR) is 95.8 cm³/mol. The van der Waals surface area contributed by atoms with Gasteiger partial charge >= 0.3 is 6.09 Å². The maximum atomic E-state index is 12.2. The molecule has 0 unspecified atom stereocenters. The van der Waals surface area contributed by atoms with Crippen LogP contribution in [-0.2, 0) is 11.2 Å². The minimum atomic E-state index is -0.450. The molecule has 2 aliphatic rings. The Morgan fingerprint density at radius 2 is 1.88 bits per heavy atom. The zero-order chi connectivity index (χ0) is 17.0. The van der Waals surface area contributed by atoms with E-state index in [4.69, 9.17) is 4.74 Å². The first kappa shape index (κ1) is 17.0. The minimum Gasteiger partial charge on any atom is -0.436 e. The van der Waals surface area contributed by atoms with E-state index in [2.05, 4.69) is 48.7 Å². The summed E-state index contributed by atoms with van der Waals surface area (Å²) < 4.78 is 5.78. The van der Waals surface area contributed by atoms with Gasteiger partial charge in [-0.2, -0.15) is 0 Å². The first-order valence-corrected chi connectivity index (χ1v) is 9.11. The number of hydrogen-bond acceptors (Lipinski definition) is 3. The van der Waals surface area contributed by atoms with Gasteiger partial charge in [-0.05, 0) is 18.4 Å². The Labute approximate surface area is 145 Å². The van der Waals surface area contributed by atoms with Crippen LogP contribution in [0.25, 0.3) is 0 Å². The number of likely N-dealkylation sites (tertiary alicyclic amines) is 1. The molecule has 2 heterocycles. The molecule has 1 spiro atoms. The number of amides is 1. The number of ether oxygens (including phenoxy) is 1. The Hall–Kier alpha value is -1.81. The Morgan fingerprint density at radius 1 is 1.17 bits per heavy atom. The number of carbonyl (C=O) groups excluding carboxylic acids is 1. The highest BCUT2D eigenvalue weighted by Gasteiger charge is 2.49. The zero-order valence-electron chi connectivity index (χ0n) is 14.7. The largest absolute Gasteiger partial charge is 0.436 e. The molecule has 130 valence electrons. The first-order valence-electron chi connectivity index (χ1n) is 9.11. The van der Waals surface area contributed by atoms with E-state index in [9.17, 15) is 4.79 Å². The van der Waals surface area contributed by atoms with Crippen LogP contribution in [0.5, 0.6) is 0 Å². The molecule has 0 N–H and O–H groups in total. The van der Waals surface area contributed by atoms with E-state index in [1.807, 2.05) is 0 Å². The SMILES string of the molecule is C=C1N(CCCC)C(=O)OC12CCN(CCc1ccccc1)CC2. The number of piperidine rings is 1. The van der Waals surface area contributed by atoms with Crippen molar-refractivity contribution in [3.05, 3.63) is 48.2 Å². The van der Waals surface area contributed by atoms with Crippen LogP contribution in [0.1, 0.15) is 38.2 Å². The fourth-order valence-electron chi connectivity index (χ4n) is 3.64. The summed E-state index contributed by atoms with van der Waals surface area (Å²) in [6, 6.07) is 10.6. The number of carbonyl (C=O) groups is 1. The summed E-state index contributed by atoms with van der Waals surface area (Å²) in [6.07, 6.45) is 4.64. The molecular weight excluding hydrogens is 300 g/mol. The second-order valence-electron chi connectivity index (χ2n) is 6.89. The quantitative estimate of drug-likeness (QED) is 0.795. The molecule has 4 nitrogen and oxygen atoms in total. The Bertz CT molecular complexity index is 577. The second-order valence-corrected chi connectivity index (χ2v) is 6.89. The highest BCUT2D eigenvalue weighted by atomic mass is 16.6. The molecule has 2 aliphatic heterocycles. The monoisotopic (exact) mass is 328 g/mol. The van der Waals surface area contributed by atoms with Crippen molar-refractivity contribution in [2.24, 2.45) is 0 Å². The van der Waals surface area contributed by atoms with Gasteiger partial charge in [0.2, 0.25) is 0 Å². The lowest BCUT2D eigenvalue weighted by atomic mass is 9.88. The summed E-state index contributed by atoms with van der Waals surface area (Å²) in [6.45, 7) is 10.0. The van der Waals surface area contributed by atoms with E-state index in [0.717, 1.165) is 64.0 Å². The van der Waals surface area contributed by atoms with Gasteiger partial charge in [-0.15, -0.1) is 0 Å². The molecule has 0 aromatic heterocycles. The van der Waals surface area contributed by atoms with Crippen molar-refractivity contribution in [1.29, 1.82) is 0 Å². The van der Waals surface area contributed by atoms with Crippen LogP contribution >= 0.6 is 0 Å². The van der Waals surface area contributed by atoms with E-state index < -0.39 is 5.60 Å². The number of benzene rings is 1. The summed E-state index contributed by atoms with van der Waals surface area (Å²) in [7, 11) is 0. The van der Waals surface area contributed by atoms with Crippen molar-refractivity contribution in [3.63, 3.8) is 0 Å². The van der Waals surface area contributed by atoms with E-state index in [1.54, 1.807) is 4.90 Å². The average Bonchev–Trinajstić information content (AvgIpc) is 2.84. The molecule has 24 heavy (non-hydrogen) atoms. The zero-order valence-corrected chi connectivity index (χ0v) is 14.7. The van der Waals surface area contributed by atoms with Crippen LogP contribution in [0, 0.1) is 0 Å². The van der Waals surface area contributed by atoms with E-state index in [-0.39, 0.29) is 6.09 Å². The lowest BCUT2D eigenvalue weighted by Crippen LogP contribution is -2.46. The van der Waals surface area contributed by atoms with E-state index in [1.165, 1.54) is 5.56 Å². The summed E-state index contributed by atoms with van der Waals surface area (Å²) in [5.74, 6) is 0. The van der Waals surface area contributed by atoms with Crippen LogP contribution in [0.15, 0.2) is 42.6 Å². The summed E-state index contributed by atoms with van der Waals surface area (Å²) in [5.41, 5.74) is 1.80. The van der Waals surface area contributed by atoms with Gasteiger partial charge in [0, 0.05) is 39.0 Å². The third-order valence-electron chi connectivity index (χ3n) is 5.31. The van der Waals surface area contributed by atoms with E-state index >= 15 is 0 Å². The molecule has 1 aromatic carbocycles. The van der Waals surface area contributed by atoms with Crippen molar-refractivity contribution < 1.29 is 9.53 Å². The van der Waals surface area contributed by atoms with Crippen LogP contribution in [0.2, 0.25) is 0 Å². The Morgan fingerprint density at radius 3 is 2.54 bits per heavy atom. The topological polar surface area (TPSA) is 32.8 Å². The summed E-state index contributed by atoms with van der Waals surface area (Å²) >= 11 is 0. The maximum Gasteiger partial charge on any atom is 0.415 e. The lowest BCUT2D eigenvalue weighted by molar-refractivity contribution is 0.0150. The molecule has 0 radical (unpaired) electrons. The number of hydrogen-bond donors (Lipinski definition) is 0. The highest BCUT2D eigenvalue weighted by molar-refractivity contribution is 5.74. The van der Waals surface area contributed by atoms with Gasteiger partial charge in [-0.1, -0.05) is 50.3 Å². The molecule has 0 atom stereocenters. The fourth-order valence-corrected chi connectivity index (χ4v) is 3.64. The van der Waals surface area contributed by atoms with Crippen molar-refractivity contribution in [2.45, 2.75) is 44.6 Å². The Balaban J connectivity index is 1.53. The predicted octanol–water partition coefficient (Wildman–Crippen LogP) is 3.83. The van der Waals surface area contributed by atoms with Gasteiger partial charge in [0.25, 0.3) is 0 Å². The second kappa shape index (κ2) is 7.39. The number of unbranched alkanes of at least 4 members (excludes halogenated alkanes) is 1. The maximum absolute atomic E-state index is 12.2. The minimum absolute atomic E-state index is 0.203. The fraction of sp³-hybridized carbons (Fsp3) is 0.550. The van der Waals surface area contributed by atoms with E-state index in [0.29, 0.717) is 0 Å². The summed E-state index contributed by atoms with van der Waals surface area (Å²) in [5, 5.41) is 0. The number of rotatable bonds is 6. The van der Waals surface area contributed by atoms with Crippen molar-refractivity contribution in [2.75, 3.05) is 26.2 Å². The van der Waals surface area contributed by atoms with Crippen molar-refractivity contribution in [1.82, 2.24) is 9.80 Å². The molecular formula is C20H28N2O2. The molecule has 1 aromatic rings. The first-order chi connectivity index (χ1) is 11.6. The standard InChI is InChI=1S/C20H28N2O2/c1-3-4-13-22-17(2)20(24-19(22)23)11-15-21(16-12-20)14-10-18-8-6-5-7-9-18/h5-9H,2-4,10-16H2,1H3. The smallest absolute Gasteiger partial charge is 0.415 e. The molecule has 2 fully saturated rings. The molecule has 3 rings (SSSR count). The molecule has 0 saturated carbocycles. The lowest BCUT2D eigenvalue weighted by Gasteiger charge is -2.38. The Kier molecular flexibility index (Phi) is 5.24. The van der Waals surface area contributed by atoms with Crippen molar-refractivity contribution in [3.8, 4) is 0 Å². The third-order valence-corrected chi connectivity index (χ3v) is 5.31. The normalized spacial score (nSPS) is 20.6. The third kappa shape index (κ3) is 3.48. The average molecular weight is 328 g/mol. The van der Waals surface area contributed by atoms with Gasteiger partial charge < -0.3 is 9.64 Å². The summed E-state index contributed by atoms with van der Waals surface area (Å²) in [4.78, 5) is 16.4. The van der Waals surface area contributed by atoms with Gasteiger partial charge in [0.05, 0.1) is 5.70 Å². The van der Waals surface area contributed by atoms with Gasteiger partial charge in [-0.25, -0.2) is 4.79 Å².